The molecule has 0 aliphatic carbocycles. The number of benzene rings is 1. The topological polar surface area (TPSA) is 58.5 Å². The van der Waals surface area contributed by atoms with Gasteiger partial charge < -0.3 is 24.8 Å². The quantitative estimate of drug-likeness (QED) is 0.597. The molecule has 0 radical (unpaired) electrons. The number of anilines is 1. The van der Waals surface area contributed by atoms with Crippen LogP contribution in [0.2, 0.25) is 0 Å². The fraction of sp³-hybridized carbons (Fsp3) is 0.348. The molecule has 0 unspecified atom stereocenters. The van der Waals surface area contributed by atoms with Gasteiger partial charge in [-0.05, 0) is 49.7 Å². The molecule has 3 aromatic rings. The number of ether oxygens (including phenoxy) is 1. The van der Waals surface area contributed by atoms with Crippen LogP contribution in [0.25, 0.3) is 5.00 Å². The van der Waals surface area contributed by atoms with E-state index in [1.807, 2.05) is 47.7 Å². The van der Waals surface area contributed by atoms with Crippen LogP contribution in [0.5, 0.6) is 5.75 Å². The number of rotatable bonds is 6. The lowest BCUT2D eigenvalue weighted by Gasteiger charge is -2.25. The molecule has 158 valence electrons. The zero-order chi connectivity index (χ0) is 21.1. The zero-order valence-electron chi connectivity index (χ0n) is 17.6. The van der Waals surface area contributed by atoms with Crippen molar-refractivity contribution in [2.75, 3.05) is 26.0 Å². The standard InChI is InChI=1S/C23H28N4O2S/c1-4-17(24-23(28)25-18-9-5-6-10-19(18)29-3)21-16-11-14-26(2)15-20(16)30-22(21)27-12-7-8-13-27/h5-10,12-13,17H,4,11,14-15H2,1-3H3,(H2,24,25,28)/t17-/m1/s1. The number of amides is 2. The fourth-order valence-corrected chi connectivity index (χ4v) is 5.46. The molecule has 4 rings (SSSR count). The van der Waals surface area contributed by atoms with Gasteiger partial charge in [0.25, 0.3) is 0 Å². The number of urea groups is 1. The van der Waals surface area contributed by atoms with Gasteiger partial charge in [0.05, 0.1) is 18.8 Å². The molecule has 0 saturated heterocycles. The van der Waals surface area contributed by atoms with E-state index in [0.717, 1.165) is 25.9 Å². The molecule has 3 heterocycles. The highest BCUT2D eigenvalue weighted by molar-refractivity contribution is 7.15. The van der Waals surface area contributed by atoms with E-state index in [0.29, 0.717) is 11.4 Å². The molecule has 30 heavy (non-hydrogen) atoms. The van der Waals surface area contributed by atoms with Gasteiger partial charge in [0, 0.05) is 35.9 Å². The van der Waals surface area contributed by atoms with E-state index in [-0.39, 0.29) is 12.1 Å². The summed E-state index contributed by atoms with van der Waals surface area (Å²) in [4.78, 5) is 16.6. The van der Waals surface area contributed by atoms with Crippen molar-refractivity contribution in [3.63, 3.8) is 0 Å². The Kier molecular flexibility index (Phi) is 6.11. The Balaban J connectivity index is 1.63. The summed E-state index contributed by atoms with van der Waals surface area (Å²) in [5.41, 5.74) is 3.30. The van der Waals surface area contributed by atoms with Crippen LogP contribution < -0.4 is 15.4 Å². The Morgan fingerprint density at radius 3 is 2.73 bits per heavy atom. The Morgan fingerprint density at radius 2 is 2.00 bits per heavy atom. The number of para-hydroxylation sites is 2. The second kappa shape index (κ2) is 8.93. The van der Waals surface area contributed by atoms with Crippen molar-refractivity contribution in [1.29, 1.82) is 0 Å². The number of thiophene rings is 1. The molecule has 1 atom stereocenters. The van der Waals surface area contributed by atoms with Gasteiger partial charge in [-0.15, -0.1) is 11.3 Å². The minimum atomic E-state index is -0.224. The molecular formula is C23H28N4O2S. The highest BCUT2D eigenvalue weighted by Gasteiger charge is 2.28. The van der Waals surface area contributed by atoms with Crippen LogP contribution in [0, 0.1) is 0 Å². The SMILES string of the molecule is CC[C@@H](NC(=O)Nc1ccccc1OC)c1c(-n2cccc2)sc2c1CCN(C)C2. The number of fused-ring (bicyclic) bond motifs is 1. The number of hydrogen-bond acceptors (Lipinski definition) is 4. The second-order valence-electron chi connectivity index (χ2n) is 7.56. The molecule has 2 amide bonds. The predicted octanol–water partition coefficient (Wildman–Crippen LogP) is 4.81. The van der Waals surface area contributed by atoms with Crippen LogP contribution in [-0.4, -0.2) is 36.2 Å². The molecule has 2 N–H and O–H groups in total. The lowest BCUT2D eigenvalue weighted by molar-refractivity contribution is 0.248. The number of carbonyl (C=O) groups is 1. The number of likely N-dealkylation sites (N-methyl/N-ethyl adjacent to an activating group) is 1. The molecule has 1 aliphatic heterocycles. The van der Waals surface area contributed by atoms with Crippen molar-refractivity contribution in [3.05, 3.63) is 64.8 Å². The van der Waals surface area contributed by atoms with Crippen LogP contribution in [0.15, 0.2) is 48.8 Å². The summed E-state index contributed by atoms with van der Waals surface area (Å²) in [5.74, 6) is 0.643. The fourth-order valence-electron chi connectivity index (χ4n) is 4.01. The third-order valence-corrected chi connectivity index (χ3v) is 6.77. The van der Waals surface area contributed by atoms with Gasteiger partial charge in [0.1, 0.15) is 10.8 Å². The van der Waals surface area contributed by atoms with Crippen molar-refractivity contribution in [1.82, 2.24) is 14.8 Å². The van der Waals surface area contributed by atoms with Gasteiger partial charge in [-0.25, -0.2) is 4.79 Å². The summed E-state index contributed by atoms with van der Waals surface area (Å²) in [6.45, 7) is 4.11. The van der Waals surface area contributed by atoms with Crippen LogP contribution in [-0.2, 0) is 13.0 Å². The van der Waals surface area contributed by atoms with E-state index >= 15 is 0 Å². The monoisotopic (exact) mass is 424 g/mol. The summed E-state index contributed by atoms with van der Waals surface area (Å²) in [5, 5.41) is 7.35. The van der Waals surface area contributed by atoms with Gasteiger partial charge >= 0.3 is 6.03 Å². The van der Waals surface area contributed by atoms with E-state index < -0.39 is 0 Å². The minimum absolute atomic E-state index is 0.0690. The van der Waals surface area contributed by atoms with Crippen molar-refractivity contribution >= 4 is 23.1 Å². The van der Waals surface area contributed by atoms with Crippen LogP contribution in [0.4, 0.5) is 10.5 Å². The van der Waals surface area contributed by atoms with Gasteiger partial charge in [-0.3, -0.25) is 0 Å². The third-order valence-electron chi connectivity index (χ3n) is 5.53. The van der Waals surface area contributed by atoms with Gasteiger partial charge in [-0.2, -0.15) is 0 Å². The van der Waals surface area contributed by atoms with Crippen molar-refractivity contribution < 1.29 is 9.53 Å². The lowest BCUT2D eigenvalue weighted by atomic mass is 9.96. The van der Waals surface area contributed by atoms with E-state index in [1.165, 1.54) is 21.0 Å². The number of hydrogen-bond donors (Lipinski definition) is 2. The summed E-state index contributed by atoms with van der Waals surface area (Å²) < 4.78 is 7.52. The minimum Gasteiger partial charge on any atom is -0.495 e. The maximum absolute atomic E-state index is 12.9. The molecule has 0 saturated carbocycles. The Labute approximate surface area is 181 Å². The molecule has 6 nitrogen and oxygen atoms in total. The average Bonchev–Trinajstić information content (AvgIpc) is 3.40. The highest BCUT2D eigenvalue weighted by atomic mass is 32.1. The number of nitrogens with zero attached hydrogens (tertiary/aromatic N) is 2. The molecule has 0 bridgehead atoms. The third kappa shape index (κ3) is 4.08. The Bertz CT molecular complexity index is 1010. The van der Waals surface area contributed by atoms with Gasteiger partial charge in [-0.1, -0.05) is 19.1 Å². The van der Waals surface area contributed by atoms with E-state index in [2.05, 4.69) is 46.5 Å². The lowest BCUT2D eigenvalue weighted by Crippen LogP contribution is -2.34. The maximum Gasteiger partial charge on any atom is 0.319 e. The summed E-state index contributed by atoms with van der Waals surface area (Å²) in [6, 6.07) is 11.2. The number of aromatic nitrogens is 1. The highest BCUT2D eigenvalue weighted by Crippen LogP contribution is 2.40. The first-order valence-electron chi connectivity index (χ1n) is 10.3. The predicted molar refractivity (Wildman–Crippen MR) is 122 cm³/mol. The van der Waals surface area contributed by atoms with Crippen molar-refractivity contribution in [2.24, 2.45) is 0 Å². The number of carbonyl (C=O) groups excluding carboxylic acids is 1. The zero-order valence-corrected chi connectivity index (χ0v) is 18.5. The molecular weight excluding hydrogens is 396 g/mol. The van der Waals surface area contributed by atoms with Crippen LogP contribution in [0.3, 0.4) is 0 Å². The molecule has 0 spiro atoms. The largest absolute Gasteiger partial charge is 0.495 e. The van der Waals surface area contributed by atoms with Crippen molar-refractivity contribution in [3.8, 4) is 10.8 Å². The van der Waals surface area contributed by atoms with Gasteiger partial charge in [0.15, 0.2) is 0 Å². The first-order chi connectivity index (χ1) is 14.6. The molecule has 1 aliphatic rings. The van der Waals surface area contributed by atoms with Gasteiger partial charge in [0.2, 0.25) is 0 Å². The molecule has 7 heteroatoms. The second-order valence-corrected chi connectivity index (χ2v) is 8.64. The van der Waals surface area contributed by atoms with Crippen LogP contribution in [0.1, 0.15) is 35.4 Å². The first-order valence-corrected chi connectivity index (χ1v) is 11.1. The Morgan fingerprint density at radius 1 is 1.23 bits per heavy atom. The smallest absolute Gasteiger partial charge is 0.319 e. The van der Waals surface area contributed by atoms with Crippen LogP contribution >= 0.6 is 11.3 Å². The summed E-state index contributed by atoms with van der Waals surface area (Å²) >= 11 is 1.83. The summed E-state index contributed by atoms with van der Waals surface area (Å²) in [6.07, 6.45) is 5.97. The van der Waals surface area contributed by atoms with E-state index in [4.69, 9.17) is 4.74 Å². The molecule has 1 aromatic carbocycles. The normalized spacial score (nSPS) is 14.8. The molecule has 2 aromatic heterocycles. The summed E-state index contributed by atoms with van der Waals surface area (Å²) in [7, 11) is 3.76. The number of methoxy groups -OCH3 is 1. The molecule has 0 fully saturated rings. The van der Waals surface area contributed by atoms with E-state index in [1.54, 1.807) is 7.11 Å². The maximum atomic E-state index is 12.9. The Hall–Kier alpha value is -2.77. The average molecular weight is 425 g/mol. The van der Waals surface area contributed by atoms with E-state index in [9.17, 15) is 4.79 Å². The van der Waals surface area contributed by atoms with Crippen molar-refractivity contribution in [2.45, 2.75) is 32.4 Å². The number of nitrogens with one attached hydrogen (secondary N) is 2. The first kappa shape index (κ1) is 20.5.